The van der Waals surface area contributed by atoms with Crippen LogP contribution in [0.4, 0.5) is 0 Å². The van der Waals surface area contributed by atoms with Crippen molar-refractivity contribution in [2.75, 3.05) is 6.54 Å². The minimum Gasteiger partial charge on any atom is -0.326 e. The zero-order valence-electron chi connectivity index (χ0n) is 9.71. The van der Waals surface area contributed by atoms with E-state index < -0.39 is 0 Å². The molecule has 14 heavy (non-hydrogen) atoms. The molecule has 0 radical (unpaired) electrons. The van der Waals surface area contributed by atoms with Crippen molar-refractivity contribution in [2.45, 2.75) is 52.7 Å². The maximum atomic E-state index is 11.8. The first-order valence-electron chi connectivity index (χ1n) is 5.62. The Balaban J connectivity index is 2.48. The first-order valence-corrected chi connectivity index (χ1v) is 5.62. The molecule has 1 aliphatic heterocycles. The van der Waals surface area contributed by atoms with Gasteiger partial charge in [0, 0.05) is 6.54 Å². The van der Waals surface area contributed by atoms with Crippen LogP contribution in [-0.2, 0) is 4.79 Å². The van der Waals surface area contributed by atoms with Crippen molar-refractivity contribution in [3.63, 3.8) is 0 Å². The molecule has 2 unspecified atom stereocenters. The van der Waals surface area contributed by atoms with E-state index >= 15 is 0 Å². The van der Waals surface area contributed by atoms with Gasteiger partial charge in [0.25, 0.3) is 0 Å². The maximum Gasteiger partial charge on any atom is 0.240 e. The molecule has 1 saturated heterocycles. The highest BCUT2D eigenvalue weighted by molar-refractivity contribution is 5.84. The second-order valence-electron chi connectivity index (χ2n) is 4.52. The Hall–Kier alpha value is -0.570. The van der Waals surface area contributed by atoms with Crippen molar-refractivity contribution in [1.82, 2.24) is 10.2 Å². The first-order chi connectivity index (χ1) is 6.56. The Morgan fingerprint density at radius 1 is 1.50 bits per heavy atom. The molecule has 1 N–H and O–H groups in total. The van der Waals surface area contributed by atoms with Gasteiger partial charge >= 0.3 is 0 Å². The first kappa shape index (κ1) is 11.5. The van der Waals surface area contributed by atoms with Crippen LogP contribution in [0.5, 0.6) is 0 Å². The van der Waals surface area contributed by atoms with E-state index in [1.165, 1.54) is 0 Å². The van der Waals surface area contributed by atoms with Crippen molar-refractivity contribution in [2.24, 2.45) is 5.92 Å². The Kier molecular flexibility index (Phi) is 3.93. The second kappa shape index (κ2) is 4.78. The van der Waals surface area contributed by atoms with Gasteiger partial charge in [-0.15, -0.1) is 0 Å². The van der Waals surface area contributed by atoms with Crippen LogP contribution < -0.4 is 5.32 Å². The molecular formula is C11H22N2O. The van der Waals surface area contributed by atoms with Gasteiger partial charge in [-0.2, -0.15) is 0 Å². The summed E-state index contributed by atoms with van der Waals surface area (Å²) in [5.41, 5.74) is 0. The fraction of sp³-hybridized carbons (Fsp3) is 0.909. The third-order valence-electron chi connectivity index (χ3n) is 2.85. The molecule has 0 aliphatic carbocycles. The average molecular weight is 198 g/mol. The average Bonchev–Trinajstić information content (AvgIpc) is 2.39. The number of hydrogen-bond acceptors (Lipinski definition) is 2. The van der Waals surface area contributed by atoms with E-state index in [-0.39, 0.29) is 18.1 Å². The summed E-state index contributed by atoms with van der Waals surface area (Å²) in [6.07, 6.45) is 2.20. The van der Waals surface area contributed by atoms with E-state index in [4.69, 9.17) is 0 Å². The molecule has 0 saturated carbocycles. The maximum absolute atomic E-state index is 11.8. The highest BCUT2D eigenvalue weighted by atomic mass is 16.2. The van der Waals surface area contributed by atoms with Crippen LogP contribution in [-0.4, -0.2) is 29.6 Å². The Morgan fingerprint density at radius 2 is 2.14 bits per heavy atom. The number of rotatable bonds is 4. The molecule has 0 aromatic rings. The summed E-state index contributed by atoms with van der Waals surface area (Å²) < 4.78 is 0. The van der Waals surface area contributed by atoms with Gasteiger partial charge in [-0.1, -0.05) is 20.8 Å². The molecule has 1 rings (SSSR count). The van der Waals surface area contributed by atoms with Crippen LogP contribution >= 0.6 is 0 Å². The van der Waals surface area contributed by atoms with Crippen molar-refractivity contribution in [3.8, 4) is 0 Å². The lowest BCUT2D eigenvalue weighted by molar-refractivity contribution is -0.130. The molecular weight excluding hydrogens is 176 g/mol. The number of nitrogens with zero attached hydrogens (tertiary/aromatic N) is 1. The molecule has 0 aromatic heterocycles. The molecule has 1 aliphatic rings. The Bertz CT molecular complexity index is 203. The fourth-order valence-electron chi connectivity index (χ4n) is 1.84. The van der Waals surface area contributed by atoms with E-state index in [2.05, 4.69) is 26.1 Å². The van der Waals surface area contributed by atoms with Crippen LogP contribution in [0.25, 0.3) is 0 Å². The van der Waals surface area contributed by atoms with E-state index in [9.17, 15) is 4.79 Å². The molecule has 1 amide bonds. The van der Waals surface area contributed by atoms with E-state index in [0.717, 1.165) is 19.4 Å². The number of amides is 1. The molecule has 3 nitrogen and oxygen atoms in total. The number of carbonyl (C=O) groups is 1. The quantitative estimate of drug-likeness (QED) is 0.744. The Morgan fingerprint density at radius 3 is 2.57 bits per heavy atom. The van der Waals surface area contributed by atoms with E-state index in [0.29, 0.717) is 5.92 Å². The molecule has 1 heterocycles. The number of nitrogens with one attached hydrogen (secondary N) is 1. The summed E-state index contributed by atoms with van der Waals surface area (Å²) >= 11 is 0. The van der Waals surface area contributed by atoms with Crippen LogP contribution in [0.3, 0.4) is 0 Å². The van der Waals surface area contributed by atoms with Gasteiger partial charge < -0.3 is 4.90 Å². The van der Waals surface area contributed by atoms with Gasteiger partial charge in [0.2, 0.25) is 5.91 Å². The second-order valence-corrected chi connectivity index (χ2v) is 4.52. The fourth-order valence-corrected chi connectivity index (χ4v) is 1.84. The van der Waals surface area contributed by atoms with E-state index in [1.54, 1.807) is 0 Å². The van der Waals surface area contributed by atoms with Crippen molar-refractivity contribution in [3.05, 3.63) is 0 Å². The molecule has 0 bridgehead atoms. The standard InChI is InChI=1S/C11H22N2O/c1-5-10-11(14)13(9(4)12-10)7-6-8(2)3/h8-10,12H,5-7H2,1-4H3. The highest BCUT2D eigenvalue weighted by Crippen LogP contribution is 2.14. The minimum absolute atomic E-state index is 0.0529. The molecule has 2 atom stereocenters. The summed E-state index contributed by atoms with van der Waals surface area (Å²) in [4.78, 5) is 13.8. The zero-order chi connectivity index (χ0) is 10.7. The lowest BCUT2D eigenvalue weighted by Crippen LogP contribution is -2.35. The Labute approximate surface area is 86.9 Å². The predicted octanol–water partition coefficient (Wildman–Crippen LogP) is 1.59. The van der Waals surface area contributed by atoms with Gasteiger partial charge in [-0.3, -0.25) is 10.1 Å². The van der Waals surface area contributed by atoms with E-state index in [1.807, 2.05) is 11.8 Å². The highest BCUT2D eigenvalue weighted by Gasteiger charge is 2.34. The SMILES string of the molecule is CCC1NC(C)N(CCC(C)C)C1=O. The normalized spacial score (nSPS) is 27.8. The molecule has 82 valence electrons. The smallest absolute Gasteiger partial charge is 0.240 e. The summed E-state index contributed by atoms with van der Waals surface area (Å²) in [7, 11) is 0. The lowest BCUT2D eigenvalue weighted by atomic mass is 10.1. The van der Waals surface area contributed by atoms with Crippen LogP contribution in [0.1, 0.15) is 40.5 Å². The van der Waals surface area contributed by atoms with Crippen LogP contribution in [0, 0.1) is 5.92 Å². The number of hydrogen-bond donors (Lipinski definition) is 1. The summed E-state index contributed by atoms with van der Waals surface area (Å²) in [5, 5.41) is 3.30. The van der Waals surface area contributed by atoms with Crippen molar-refractivity contribution < 1.29 is 4.79 Å². The largest absolute Gasteiger partial charge is 0.326 e. The van der Waals surface area contributed by atoms with Crippen LogP contribution in [0.15, 0.2) is 0 Å². The number of carbonyl (C=O) groups excluding carboxylic acids is 1. The van der Waals surface area contributed by atoms with Gasteiger partial charge in [0.05, 0.1) is 12.2 Å². The third-order valence-corrected chi connectivity index (χ3v) is 2.85. The molecule has 1 fully saturated rings. The van der Waals surface area contributed by atoms with Gasteiger partial charge in [0.1, 0.15) is 0 Å². The predicted molar refractivity (Wildman–Crippen MR) is 57.8 cm³/mol. The third kappa shape index (κ3) is 2.47. The van der Waals surface area contributed by atoms with Gasteiger partial charge in [0.15, 0.2) is 0 Å². The summed E-state index contributed by atoms with van der Waals surface area (Å²) in [6.45, 7) is 9.38. The zero-order valence-corrected chi connectivity index (χ0v) is 9.71. The topological polar surface area (TPSA) is 32.3 Å². The summed E-state index contributed by atoms with van der Waals surface area (Å²) in [6, 6.07) is 0.0529. The molecule has 0 spiro atoms. The molecule has 0 aromatic carbocycles. The molecule has 3 heteroatoms. The summed E-state index contributed by atoms with van der Waals surface area (Å²) in [5.74, 6) is 0.941. The minimum atomic E-state index is 0.0529. The van der Waals surface area contributed by atoms with Crippen molar-refractivity contribution in [1.29, 1.82) is 0 Å². The van der Waals surface area contributed by atoms with Crippen molar-refractivity contribution >= 4 is 5.91 Å². The lowest BCUT2D eigenvalue weighted by Gasteiger charge is -2.21. The van der Waals surface area contributed by atoms with Gasteiger partial charge in [-0.05, 0) is 25.7 Å². The van der Waals surface area contributed by atoms with Gasteiger partial charge in [-0.25, -0.2) is 0 Å². The monoisotopic (exact) mass is 198 g/mol. The van der Waals surface area contributed by atoms with Crippen LogP contribution in [0.2, 0.25) is 0 Å².